The van der Waals surface area contributed by atoms with E-state index < -0.39 is 24.1 Å². The van der Waals surface area contributed by atoms with E-state index in [2.05, 4.69) is 20.9 Å². The van der Waals surface area contributed by atoms with E-state index in [4.69, 9.17) is 15.2 Å². The molecule has 1 aromatic carbocycles. The Kier molecular flexibility index (Phi) is 9.36. The predicted molar refractivity (Wildman–Crippen MR) is 140 cm³/mol. The number of nitrogens with zero attached hydrogens (tertiary/aromatic N) is 1. The average Bonchev–Trinajstić information content (AvgIpc) is 3.73. The second kappa shape index (κ2) is 13.1. The van der Waals surface area contributed by atoms with E-state index in [1.807, 2.05) is 24.3 Å². The molecular formula is C27H35N5O6. The first-order valence-electron chi connectivity index (χ1n) is 13.0. The molecule has 2 aromatic rings. The summed E-state index contributed by atoms with van der Waals surface area (Å²) in [5.74, 6) is -0.168. The first-order chi connectivity index (χ1) is 18.4. The van der Waals surface area contributed by atoms with Crippen LogP contribution in [-0.2, 0) is 27.2 Å². The van der Waals surface area contributed by atoms with E-state index in [0.717, 1.165) is 37.0 Å². The zero-order valence-corrected chi connectivity index (χ0v) is 21.2. The van der Waals surface area contributed by atoms with Gasteiger partial charge < -0.3 is 36.3 Å². The number of carbonyl (C=O) groups is 3. The van der Waals surface area contributed by atoms with Crippen molar-refractivity contribution in [2.45, 2.75) is 56.7 Å². The van der Waals surface area contributed by atoms with E-state index in [9.17, 15) is 19.5 Å². The number of hydrogen-bond donors (Lipinski definition) is 5. The summed E-state index contributed by atoms with van der Waals surface area (Å²) in [6, 6.07) is 7.55. The van der Waals surface area contributed by atoms with Crippen LogP contribution in [0, 0.1) is 5.92 Å². The number of fused-ring (bicyclic) bond motifs is 13. The summed E-state index contributed by atoms with van der Waals surface area (Å²) in [5.41, 5.74) is 7.02. The summed E-state index contributed by atoms with van der Waals surface area (Å²) >= 11 is 0. The average molecular weight is 526 g/mol. The summed E-state index contributed by atoms with van der Waals surface area (Å²) in [4.78, 5) is 42.1. The summed E-state index contributed by atoms with van der Waals surface area (Å²) in [7, 11) is 0. The third kappa shape index (κ3) is 8.34. The third-order valence-electron chi connectivity index (χ3n) is 6.64. The van der Waals surface area contributed by atoms with Gasteiger partial charge in [0.05, 0.1) is 19.3 Å². The lowest BCUT2D eigenvalue weighted by Crippen LogP contribution is -2.56. The van der Waals surface area contributed by atoms with Crippen molar-refractivity contribution in [3.05, 3.63) is 53.7 Å². The zero-order valence-electron chi connectivity index (χ0n) is 21.2. The smallest absolute Gasteiger partial charge is 0.326 e. The molecule has 0 radical (unpaired) electrons. The highest BCUT2D eigenvalue weighted by Crippen LogP contribution is 2.33. The lowest BCUT2D eigenvalue weighted by molar-refractivity contribution is -0.139. The van der Waals surface area contributed by atoms with Crippen molar-refractivity contribution in [3.8, 4) is 5.75 Å². The summed E-state index contributed by atoms with van der Waals surface area (Å²) < 4.78 is 11.6. The van der Waals surface area contributed by atoms with Crippen molar-refractivity contribution in [2.75, 3.05) is 25.6 Å². The maximum Gasteiger partial charge on any atom is 0.326 e. The molecule has 3 atom stereocenters. The summed E-state index contributed by atoms with van der Waals surface area (Å²) in [6.07, 6.45) is 5.45. The van der Waals surface area contributed by atoms with Crippen LogP contribution in [0.15, 0.2) is 42.6 Å². The molecule has 1 unspecified atom stereocenters. The lowest BCUT2D eigenvalue weighted by Gasteiger charge is -2.25. The molecule has 11 nitrogen and oxygen atoms in total. The van der Waals surface area contributed by atoms with Crippen molar-refractivity contribution in [1.29, 1.82) is 0 Å². The van der Waals surface area contributed by atoms with Crippen LogP contribution < -0.4 is 26.4 Å². The number of anilines is 1. The van der Waals surface area contributed by atoms with Crippen LogP contribution in [0.1, 0.15) is 36.8 Å². The van der Waals surface area contributed by atoms with Crippen LogP contribution in [0.5, 0.6) is 5.75 Å². The molecule has 0 spiro atoms. The van der Waals surface area contributed by atoms with Crippen LogP contribution in [0.2, 0.25) is 0 Å². The van der Waals surface area contributed by atoms with Crippen molar-refractivity contribution < 1.29 is 29.0 Å². The normalized spacial score (nSPS) is 21.5. The minimum Gasteiger partial charge on any atom is -0.494 e. The molecule has 204 valence electrons. The van der Waals surface area contributed by atoms with Crippen LogP contribution in [0.25, 0.3) is 0 Å². The topological polar surface area (TPSA) is 165 Å². The Hall–Kier alpha value is -3.86. The van der Waals surface area contributed by atoms with E-state index in [1.165, 1.54) is 6.20 Å². The fourth-order valence-electron chi connectivity index (χ4n) is 4.30. The number of nitrogens with two attached hydrogens (primary N) is 1. The predicted octanol–water partition coefficient (Wildman–Crippen LogP) is 1.65. The minimum atomic E-state index is -1.22. The number of aromatic nitrogens is 1. The molecular weight excluding hydrogens is 490 g/mol. The number of benzene rings is 1. The van der Waals surface area contributed by atoms with Gasteiger partial charge in [-0.25, -0.2) is 14.6 Å². The largest absolute Gasteiger partial charge is 0.494 e. The molecule has 3 aliphatic rings. The highest BCUT2D eigenvalue weighted by Gasteiger charge is 2.34. The van der Waals surface area contributed by atoms with E-state index >= 15 is 0 Å². The molecule has 6 N–H and O–H groups in total. The van der Waals surface area contributed by atoms with Gasteiger partial charge in [-0.05, 0) is 60.9 Å². The lowest BCUT2D eigenvalue weighted by atomic mass is 10.0. The molecule has 3 heterocycles. The Balaban J connectivity index is 1.46. The van der Waals surface area contributed by atoms with E-state index in [1.54, 1.807) is 12.1 Å². The van der Waals surface area contributed by atoms with Gasteiger partial charge in [-0.15, -0.1) is 0 Å². The van der Waals surface area contributed by atoms with Crippen LogP contribution in [0.4, 0.5) is 10.6 Å². The quantitative estimate of drug-likeness (QED) is 0.380. The van der Waals surface area contributed by atoms with E-state index in [-0.39, 0.29) is 24.8 Å². The van der Waals surface area contributed by atoms with Gasteiger partial charge in [-0.3, -0.25) is 4.79 Å². The number of pyridine rings is 1. The van der Waals surface area contributed by atoms with Crippen LogP contribution in [0.3, 0.4) is 0 Å². The Labute approximate surface area is 221 Å². The Morgan fingerprint density at radius 3 is 2.58 bits per heavy atom. The highest BCUT2D eigenvalue weighted by molar-refractivity contribution is 5.89. The van der Waals surface area contributed by atoms with Gasteiger partial charge >= 0.3 is 12.0 Å². The van der Waals surface area contributed by atoms with Crippen molar-refractivity contribution in [2.24, 2.45) is 5.92 Å². The fraction of sp³-hybridized carbons (Fsp3) is 0.481. The number of nitrogen functional groups attached to an aromatic ring is 1. The van der Waals surface area contributed by atoms with Gasteiger partial charge in [0.25, 0.3) is 0 Å². The highest BCUT2D eigenvalue weighted by atomic mass is 16.5. The van der Waals surface area contributed by atoms with Gasteiger partial charge in [0.15, 0.2) is 0 Å². The molecule has 1 aromatic heterocycles. The standard InChI is InChI=1S/C27H35N5O6/c28-24-10-5-18(15-29-24)14-22(26(34)35)32-27(36)31-21-13-17-3-8-20(9-4-17)38-12-2-1-11-37-16-23(19-6-7-19)30-25(21)33/h3-5,8-10,15,19,21-23H,1-2,6-7,11-14,16H2,(H2,28,29)(H,30,33)(H,34,35)(H2,31,32,36)/t21-,22?,23-/m1/s1. The second-order valence-electron chi connectivity index (χ2n) is 9.79. The van der Waals surface area contributed by atoms with Gasteiger partial charge in [-0.2, -0.15) is 0 Å². The monoisotopic (exact) mass is 525 g/mol. The van der Waals surface area contributed by atoms with Gasteiger partial charge in [0, 0.05) is 25.6 Å². The Morgan fingerprint density at radius 1 is 1.13 bits per heavy atom. The number of carbonyl (C=O) groups excluding carboxylic acids is 2. The molecule has 11 heteroatoms. The van der Waals surface area contributed by atoms with Gasteiger partial charge in [-0.1, -0.05) is 18.2 Å². The number of aliphatic carboxylic acids is 1. The number of rotatable bonds is 6. The van der Waals surface area contributed by atoms with Crippen molar-refractivity contribution in [3.63, 3.8) is 0 Å². The van der Waals surface area contributed by atoms with E-state index in [0.29, 0.717) is 37.1 Å². The number of urea groups is 1. The third-order valence-corrected chi connectivity index (χ3v) is 6.64. The Morgan fingerprint density at radius 2 is 1.89 bits per heavy atom. The minimum absolute atomic E-state index is 0.00938. The van der Waals surface area contributed by atoms with Crippen LogP contribution >= 0.6 is 0 Å². The number of hydrogen-bond acceptors (Lipinski definition) is 7. The van der Waals surface area contributed by atoms with Crippen molar-refractivity contribution >= 4 is 23.7 Å². The molecule has 5 rings (SSSR count). The molecule has 1 fully saturated rings. The molecule has 3 amide bonds. The molecule has 1 saturated carbocycles. The molecule has 38 heavy (non-hydrogen) atoms. The number of amides is 3. The Bertz CT molecular complexity index is 1090. The fourth-order valence-corrected chi connectivity index (χ4v) is 4.30. The first kappa shape index (κ1) is 27.2. The molecule has 2 aliphatic heterocycles. The summed E-state index contributed by atoms with van der Waals surface area (Å²) in [6.45, 7) is 1.57. The molecule has 2 bridgehead atoms. The first-order valence-corrected chi connectivity index (χ1v) is 13.0. The van der Waals surface area contributed by atoms with Gasteiger partial charge in [0.1, 0.15) is 23.7 Å². The number of carboxylic acid groups (broad SMARTS) is 1. The molecule has 0 saturated heterocycles. The summed E-state index contributed by atoms with van der Waals surface area (Å²) in [5, 5.41) is 17.9. The SMILES string of the molecule is Nc1ccc(CC(NC(=O)N[C@@H]2Cc3ccc(cc3)OCCCCOC[C@H](C3CC3)NC2=O)C(=O)O)cn1. The number of ether oxygens (including phenoxy) is 2. The number of nitrogens with one attached hydrogen (secondary N) is 3. The molecule has 1 aliphatic carbocycles. The van der Waals surface area contributed by atoms with Crippen LogP contribution in [-0.4, -0.2) is 65.9 Å². The van der Waals surface area contributed by atoms with Crippen molar-refractivity contribution in [1.82, 2.24) is 20.9 Å². The maximum atomic E-state index is 13.4. The van der Waals surface area contributed by atoms with Gasteiger partial charge in [0.2, 0.25) is 5.91 Å². The maximum absolute atomic E-state index is 13.4. The number of carboxylic acids is 1. The second-order valence-corrected chi connectivity index (χ2v) is 9.79. The zero-order chi connectivity index (χ0) is 26.9.